The number of hydrogen-bond donors (Lipinski definition) is 0. The quantitative estimate of drug-likeness (QED) is 0.475. The Balaban J connectivity index is 0.00000256. The van der Waals surface area contributed by atoms with Gasteiger partial charge in [-0.3, -0.25) is 4.99 Å². The molecule has 0 radical (unpaired) electrons. The van der Waals surface area contributed by atoms with Crippen LogP contribution >= 0.6 is 12.4 Å². The summed E-state index contributed by atoms with van der Waals surface area (Å²) in [5, 5.41) is 0. The van der Waals surface area contributed by atoms with E-state index < -0.39 is 6.16 Å². The average molecular weight is 430 g/mol. The lowest BCUT2D eigenvalue weighted by Gasteiger charge is -2.31. The minimum atomic E-state index is -0.713. The van der Waals surface area contributed by atoms with Gasteiger partial charge >= 0.3 is 6.16 Å². The standard InChI is InChI=1S/C24H27NO4.ClH/c1-6-27-22(26)28-18-12-16-13-23(2,3)25-20(15-10-8-7-9-11-15)19(16)17-14-24(4,5)29-21(17)18;/h7-12H,6,13-14H2,1-5H3;1H. The van der Waals surface area contributed by atoms with Gasteiger partial charge in [-0.25, -0.2) is 4.79 Å². The number of benzene rings is 2. The lowest BCUT2D eigenvalue weighted by Crippen LogP contribution is -2.30. The summed E-state index contributed by atoms with van der Waals surface area (Å²) in [7, 11) is 0. The molecular formula is C24H28ClNO4. The minimum Gasteiger partial charge on any atom is -0.483 e. The second kappa shape index (κ2) is 7.95. The molecule has 2 aromatic rings. The van der Waals surface area contributed by atoms with E-state index in [2.05, 4.69) is 26.0 Å². The summed E-state index contributed by atoms with van der Waals surface area (Å²) in [6.45, 7) is 10.3. The molecule has 2 aromatic carbocycles. The third kappa shape index (κ3) is 4.17. The first kappa shape index (κ1) is 22.2. The van der Waals surface area contributed by atoms with E-state index >= 15 is 0 Å². The molecule has 0 spiro atoms. The third-order valence-electron chi connectivity index (χ3n) is 5.18. The van der Waals surface area contributed by atoms with Gasteiger partial charge < -0.3 is 14.2 Å². The average Bonchev–Trinajstić information content (AvgIpc) is 2.96. The van der Waals surface area contributed by atoms with Gasteiger partial charge in [0, 0.05) is 23.1 Å². The number of rotatable bonds is 3. The van der Waals surface area contributed by atoms with Gasteiger partial charge in [0.15, 0.2) is 11.5 Å². The van der Waals surface area contributed by atoms with Gasteiger partial charge in [0.1, 0.15) is 5.60 Å². The Morgan fingerprint density at radius 3 is 2.50 bits per heavy atom. The number of aliphatic imine (C=N–C) groups is 1. The summed E-state index contributed by atoms with van der Waals surface area (Å²) in [5.41, 5.74) is 4.66. The first-order valence-electron chi connectivity index (χ1n) is 10.1. The van der Waals surface area contributed by atoms with Crippen LogP contribution in [0.25, 0.3) is 0 Å². The Morgan fingerprint density at radius 1 is 1.13 bits per heavy atom. The molecule has 160 valence electrons. The van der Waals surface area contributed by atoms with Crippen LogP contribution in [0.3, 0.4) is 0 Å². The summed E-state index contributed by atoms with van der Waals surface area (Å²) >= 11 is 0. The number of carbonyl (C=O) groups is 1. The van der Waals surface area contributed by atoms with Crippen LogP contribution in [0.5, 0.6) is 11.5 Å². The molecule has 0 N–H and O–H groups in total. The molecule has 0 unspecified atom stereocenters. The van der Waals surface area contributed by atoms with Crippen LogP contribution in [0.15, 0.2) is 41.4 Å². The van der Waals surface area contributed by atoms with Gasteiger partial charge in [-0.2, -0.15) is 0 Å². The van der Waals surface area contributed by atoms with Crippen molar-refractivity contribution in [2.45, 2.75) is 58.6 Å². The maximum atomic E-state index is 12.0. The van der Waals surface area contributed by atoms with Crippen LogP contribution in [0.4, 0.5) is 4.79 Å². The van der Waals surface area contributed by atoms with Crippen molar-refractivity contribution < 1.29 is 19.0 Å². The molecule has 6 heteroatoms. The second-order valence-corrected chi connectivity index (χ2v) is 8.86. The highest BCUT2D eigenvalue weighted by molar-refractivity contribution is 6.16. The van der Waals surface area contributed by atoms with Crippen LogP contribution in [0.2, 0.25) is 0 Å². The van der Waals surface area contributed by atoms with Crippen molar-refractivity contribution in [3.8, 4) is 11.5 Å². The fourth-order valence-corrected chi connectivity index (χ4v) is 4.19. The molecule has 30 heavy (non-hydrogen) atoms. The molecule has 0 aliphatic carbocycles. The molecular weight excluding hydrogens is 402 g/mol. The van der Waals surface area contributed by atoms with E-state index in [4.69, 9.17) is 19.2 Å². The van der Waals surface area contributed by atoms with E-state index in [1.54, 1.807) is 6.92 Å². The summed E-state index contributed by atoms with van der Waals surface area (Å²) < 4.78 is 16.8. The maximum absolute atomic E-state index is 12.0. The lowest BCUT2D eigenvalue weighted by atomic mass is 9.81. The van der Waals surface area contributed by atoms with Crippen molar-refractivity contribution in [3.63, 3.8) is 0 Å². The molecule has 0 aromatic heterocycles. The Morgan fingerprint density at radius 2 is 1.83 bits per heavy atom. The third-order valence-corrected chi connectivity index (χ3v) is 5.18. The van der Waals surface area contributed by atoms with Gasteiger partial charge in [0.25, 0.3) is 0 Å². The fourth-order valence-electron chi connectivity index (χ4n) is 4.19. The number of nitrogens with zero attached hydrogens (tertiary/aromatic N) is 1. The zero-order valence-corrected chi connectivity index (χ0v) is 18.9. The highest BCUT2D eigenvalue weighted by Gasteiger charge is 2.40. The molecule has 0 atom stereocenters. The van der Waals surface area contributed by atoms with Gasteiger partial charge in [0.2, 0.25) is 0 Å². The largest absolute Gasteiger partial charge is 0.513 e. The van der Waals surface area contributed by atoms with Crippen LogP contribution < -0.4 is 9.47 Å². The zero-order chi connectivity index (χ0) is 20.8. The molecule has 2 aliphatic rings. The van der Waals surface area contributed by atoms with Crippen molar-refractivity contribution in [3.05, 3.63) is 58.7 Å². The molecule has 0 fully saturated rings. The first-order chi connectivity index (χ1) is 13.7. The number of hydrogen-bond acceptors (Lipinski definition) is 5. The van der Waals surface area contributed by atoms with Crippen LogP contribution in [-0.4, -0.2) is 29.6 Å². The SMILES string of the molecule is CCOC(=O)Oc1cc2c(c3c1OC(C)(C)C3)C(c1ccccc1)=NC(C)(C)C2.Cl. The number of ether oxygens (including phenoxy) is 3. The molecule has 0 saturated heterocycles. The van der Waals surface area contributed by atoms with Crippen molar-refractivity contribution in [1.82, 2.24) is 0 Å². The lowest BCUT2D eigenvalue weighted by molar-refractivity contribution is 0.0974. The monoisotopic (exact) mass is 429 g/mol. The van der Waals surface area contributed by atoms with E-state index in [9.17, 15) is 4.79 Å². The number of fused-ring (bicyclic) bond motifs is 3. The molecule has 2 heterocycles. The van der Waals surface area contributed by atoms with Crippen molar-refractivity contribution in [2.75, 3.05) is 6.61 Å². The molecule has 0 bridgehead atoms. The Labute approximate surface area is 183 Å². The van der Waals surface area contributed by atoms with Crippen molar-refractivity contribution in [2.24, 2.45) is 4.99 Å². The highest BCUT2D eigenvalue weighted by Crippen LogP contribution is 2.48. The molecule has 0 amide bonds. The minimum absolute atomic E-state index is 0. The van der Waals surface area contributed by atoms with Gasteiger partial charge in [-0.15, -0.1) is 12.4 Å². The second-order valence-electron chi connectivity index (χ2n) is 8.86. The van der Waals surface area contributed by atoms with Gasteiger partial charge in [-0.05, 0) is 52.7 Å². The smallest absolute Gasteiger partial charge is 0.483 e. The van der Waals surface area contributed by atoms with E-state index in [-0.39, 0.29) is 30.2 Å². The van der Waals surface area contributed by atoms with E-state index in [1.165, 1.54) is 0 Å². The Bertz CT molecular complexity index is 996. The topological polar surface area (TPSA) is 57.1 Å². The van der Waals surface area contributed by atoms with Crippen LogP contribution in [-0.2, 0) is 17.6 Å². The molecule has 0 saturated carbocycles. The van der Waals surface area contributed by atoms with E-state index in [1.807, 2.05) is 38.1 Å². The van der Waals surface area contributed by atoms with Crippen molar-refractivity contribution >= 4 is 24.3 Å². The first-order valence-corrected chi connectivity index (χ1v) is 10.1. The summed E-state index contributed by atoms with van der Waals surface area (Å²) in [5.74, 6) is 1.04. The summed E-state index contributed by atoms with van der Waals surface area (Å²) in [6.07, 6.45) is 0.762. The normalized spacial score (nSPS) is 17.6. The van der Waals surface area contributed by atoms with Crippen molar-refractivity contribution in [1.29, 1.82) is 0 Å². The molecule has 2 aliphatic heterocycles. The summed E-state index contributed by atoms with van der Waals surface area (Å²) in [4.78, 5) is 17.1. The highest BCUT2D eigenvalue weighted by atomic mass is 35.5. The van der Waals surface area contributed by atoms with Crippen LogP contribution in [0, 0.1) is 0 Å². The molecule has 4 rings (SSSR count). The Hall–Kier alpha value is -2.53. The van der Waals surface area contributed by atoms with E-state index in [0.717, 1.165) is 40.8 Å². The predicted octanol–water partition coefficient (Wildman–Crippen LogP) is 5.53. The predicted molar refractivity (Wildman–Crippen MR) is 120 cm³/mol. The maximum Gasteiger partial charge on any atom is 0.513 e. The van der Waals surface area contributed by atoms with Gasteiger partial charge in [0.05, 0.1) is 17.9 Å². The zero-order valence-electron chi connectivity index (χ0n) is 18.1. The number of carbonyl (C=O) groups excluding carboxylic acids is 1. The van der Waals surface area contributed by atoms with Crippen LogP contribution in [0.1, 0.15) is 56.9 Å². The fraction of sp³-hybridized carbons (Fsp3) is 0.417. The number of halogens is 1. The summed E-state index contributed by atoms with van der Waals surface area (Å²) in [6, 6.07) is 12.1. The van der Waals surface area contributed by atoms with E-state index in [0.29, 0.717) is 11.5 Å². The van der Waals surface area contributed by atoms with Gasteiger partial charge in [-0.1, -0.05) is 30.3 Å². The Kier molecular flexibility index (Phi) is 5.87. The molecule has 5 nitrogen and oxygen atoms in total.